The van der Waals surface area contributed by atoms with Crippen molar-refractivity contribution in [2.75, 3.05) is 11.5 Å². The summed E-state index contributed by atoms with van der Waals surface area (Å²) in [6, 6.07) is 0. The molecule has 0 atom stereocenters. The predicted molar refractivity (Wildman–Crippen MR) is 59.8 cm³/mol. The Labute approximate surface area is 79.8 Å². The molecule has 4 heteroatoms. The van der Waals surface area contributed by atoms with Crippen LogP contribution in [0.1, 0.15) is 13.8 Å². The zero-order valence-electron chi connectivity index (χ0n) is 5.70. The number of thiol groups is 4. The van der Waals surface area contributed by atoms with Gasteiger partial charge in [0.25, 0.3) is 0 Å². The van der Waals surface area contributed by atoms with E-state index in [4.69, 9.17) is 0 Å². The molecule has 0 amide bonds. The van der Waals surface area contributed by atoms with E-state index in [1.807, 2.05) is 13.8 Å². The molecule has 0 rings (SSSR count). The third kappa shape index (κ3) is 89.4. The third-order valence-electron chi connectivity index (χ3n) is 0.1000. The van der Waals surface area contributed by atoms with Crippen LogP contribution >= 0.6 is 50.5 Å². The molecule has 0 saturated carbocycles. The lowest BCUT2D eigenvalue weighted by Crippen LogP contribution is -1.94. The first kappa shape index (κ1) is 13.0. The lowest BCUT2D eigenvalue weighted by Gasteiger charge is -2.03. The maximum absolute atomic E-state index is 3.99. The van der Waals surface area contributed by atoms with E-state index in [1.54, 1.807) is 0 Å². The lowest BCUT2D eigenvalue weighted by molar-refractivity contribution is 1.05. The lowest BCUT2D eigenvalue weighted by atomic mass is 10.6. The minimum Gasteiger partial charge on any atom is -0.179 e. The SMILES string of the molecule is CC(C)(S)S.SCCS. The first-order valence-electron chi connectivity index (χ1n) is 2.58. The van der Waals surface area contributed by atoms with Gasteiger partial charge in [0.15, 0.2) is 0 Å². The predicted octanol–water partition coefficient (Wildman–Crippen LogP) is 2.43. The van der Waals surface area contributed by atoms with Crippen LogP contribution < -0.4 is 0 Å². The second kappa shape index (κ2) is 7.51. The first-order chi connectivity index (χ1) is 3.91. The van der Waals surface area contributed by atoms with Crippen LogP contribution in [0.5, 0.6) is 0 Å². The van der Waals surface area contributed by atoms with Crippen molar-refractivity contribution < 1.29 is 0 Å². The van der Waals surface area contributed by atoms with Crippen LogP contribution in [0.3, 0.4) is 0 Å². The molecule has 0 heterocycles. The van der Waals surface area contributed by atoms with Crippen LogP contribution in [-0.4, -0.2) is 15.6 Å². The van der Waals surface area contributed by atoms with Crippen molar-refractivity contribution in [2.45, 2.75) is 17.9 Å². The Morgan fingerprint density at radius 3 is 1.11 bits per heavy atom. The molecule has 0 fully saturated rings. The second-order valence-corrected chi connectivity index (χ2v) is 5.42. The van der Waals surface area contributed by atoms with Gasteiger partial charge in [-0.25, -0.2) is 0 Å². The van der Waals surface area contributed by atoms with Crippen molar-refractivity contribution in [3.05, 3.63) is 0 Å². The normalized spacial score (nSPS) is 10.0. The summed E-state index contributed by atoms with van der Waals surface area (Å²) < 4.78 is -0.111. The number of hydrogen-bond donors (Lipinski definition) is 4. The summed E-state index contributed by atoms with van der Waals surface area (Å²) in [7, 11) is 0. The number of hydrogen-bond acceptors (Lipinski definition) is 4. The fraction of sp³-hybridized carbons (Fsp3) is 1.00. The van der Waals surface area contributed by atoms with Crippen molar-refractivity contribution in [3.8, 4) is 0 Å². The molecule has 0 aliphatic rings. The van der Waals surface area contributed by atoms with Crippen molar-refractivity contribution in [3.63, 3.8) is 0 Å². The van der Waals surface area contributed by atoms with E-state index < -0.39 is 0 Å². The van der Waals surface area contributed by atoms with E-state index in [1.165, 1.54) is 0 Å². The van der Waals surface area contributed by atoms with Gasteiger partial charge >= 0.3 is 0 Å². The van der Waals surface area contributed by atoms with E-state index >= 15 is 0 Å². The smallest absolute Gasteiger partial charge is 0.0495 e. The second-order valence-electron chi connectivity index (χ2n) is 1.94. The zero-order chi connectivity index (χ0) is 7.91. The summed E-state index contributed by atoms with van der Waals surface area (Å²) in [5.41, 5.74) is 0. The van der Waals surface area contributed by atoms with Crippen LogP contribution in [0.15, 0.2) is 0 Å². The van der Waals surface area contributed by atoms with Gasteiger partial charge in [-0.2, -0.15) is 50.5 Å². The highest BCUT2D eigenvalue weighted by atomic mass is 32.2. The molecule has 0 nitrogen and oxygen atoms in total. The summed E-state index contributed by atoms with van der Waals surface area (Å²) in [6.45, 7) is 3.83. The highest BCUT2D eigenvalue weighted by Gasteiger charge is 1.98. The quantitative estimate of drug-likeness (QED) is 0.364. The molecule has 58 valence electrons. The van der Waals surface area contributed by atoms with Crippen LogP contribution in [0.25, 0.3) is 0 Å². The van der Waals surface area contributed by atoms with Gasteiger partial charge in [-0.05, 0) is 25.4 Å². The molecule has 0 saturated heterocycles. The largest absolute Gasteiger partial charge is 0.179 e. The molecule has 0 bridgehead atoms. The summed E-state index contributed by atoms with van der Waals surface area (Å²) in [5, 5.41) is 0. The van der Waals surface area contributed by atoms with Crippen molar-refractivity contribution >= 4 is 50.5 Å². The van der Waals surface area contributed by atoms with Crippen molar-refractivity contribution in [1.29, 1.82) is 0 Å². The molecule has 0 N–H and O–H groups in total. The maximum atomic E-state index is 3.99. The van der Waals surface area contributed by atoms with Gasteiger partial charge in [-0.15, -0.1) is 0 Å². The third-order valence-corrected chi connectivity index (χ3v) is 0.900. The van der Waals surface area contributed by atoms with E-state index in [-0.39, 0.29) is 4.08 Å². The molecule has 9 heavy (non-hydrogen) atoms. The van der Waals surface area contributed by atoms with Crippen LogP contribution in [0.2, 0.25) is 0 Å². The molecule has 0 radical (unpaired) electrons. The Morgan fingerprint density at radius 1 is 1.00 bits per heavy atom. The minimum absolute atomic E-state index is 0.111. The molecular weight excluding hydrogens is 188 g/mol. The zero-order valence-corrected chi connectivity index (χ0v) is 9.28. The summed E-state index contributed by atoms with van der Waals surface area (Å²) >= 11 is 15.7. The van der Waals surface area contributed by atoms with E-state index in [0.29, 0.717) is 0 Å². The Hall–Kier alpha value is 1.40. The monoisotopic (exact) mass is 202 g/mol. The van der Waals surface area contributed by atoms with E-state index in [2.05, 4.69) is 50.5 Å². The van der Waals surface area contributed by atoms with Gasteiger partial charge in [-0.3, -0.25) is 0 Å². The van der Waals surface area contributed by atoms with Gasteiger partial charge in [-0.1, -0.05) is 0 Å². The standard InChI is InChI=1S/C3H8S2.C2H6S2/c1-3(2,4)5;3-1-2-4/h4-5H,1-2H3;3-4H,1-2H2. The molecule has 0 aromatic heterocycles. The summed E-state index contributed by atoms with van der Waals surface area (Å²) in [6.07, 6.45) is 0. The highest BCUT2D eigenvalue weighted by molar-refractivity contribution is 8.00. The van der Waals surface area contributed by atoms with Gasteiger partial charge < -0.3 is 0 Å². The fourth-order valence-electron chi connectivity index (χ4n) is 0. The average molecular weight is 202 g/mol. The Morgan fingerprint density at radius 2 is 1.11 bits per heavy atom. The molecule has 0 aromatic rings. The Bertz CT molecular complexity index is 39.4. The molecule has 0 unspecified atom stereocenters. The molecular formula is C5H14S4. The van der Waals surface area contributed by atoms with Crippen LogP contribution in [0.4, 0.5) is 0 Å². The molecule has 0 aliphatic heterocycles. The van der Waals surface area contributed by atoms with Gasteiger partial charge in [0.05, 0.1) is 0 Å². The summed E-state index contributed by atoms with van der Waals surface area (Å²) in [5.74, 6) is 1.76. The van der Waals surface area contributed by atoms with Gasteiger partial charge in [0, 0.05) is 4.08 Å². The molecule has 0 aliphatic carbocycles. The van der Waals surface area contributed by atoms with E-state index in [9.17, 15) is 0 Å². The maximum Gasteiger partial charge on any atom is 0.0495 e. The fourth-order valence-corrected chi connectivity index (χ4v) is 0. The van der Waals surface area contributed by atoms with Crippen molar-refractivity contribution in [2.24, 2.45) is 0 Å². The highest BCUT2D eigenvalue weighted by Crippen LogP contribution is 2.14. The minimum atomic E-state index is -0.111. The number of rotatable bonds is 1. The van der Waals surface area contributed by atoms with Gasteiger partial charge in [0.2, 0.25) is 0 Å². The van der Waals surface area contributed by atoms with Crippen LogP contribution in [-0.2, 0) is 0 Å². The van der Waals surface area contributed by atoms with Gasteiger partial charge in [0.1, 0.15) is 0 Å². The molecule has 0 aromatic carbocycles. The summed E-state index contributed by atoms with van der Waals surface area (Å²) in [4.78, 5) is 0. The Kier molecular flexibility index (Phi) is 10.9. The van der Waals surface area contributed by atoms with E-state index in [0.717, 1.165) is 11.5 Å². The van der Waals surface area contributed by atoms with Crippen molar-refractivity contribution in [1.82, 2.24) is 0 Å². The topological polar surface area (TPSA) is 0 Å². The van der Waals surface area contributed by atoms with Crippen LogP contribution in [0, 0.1) is 0 Å². The first-order valence-corrected chi connectivity index (χ1v) is 4.74. The molecule has 0 spiro atoms. The Balaban J connectivity index is 0. The average Bonchev–Trinajstić information content (AvgIpc) is 1.61.